The lowest BCUT2D eigenvalue weighted by atomic mass is 10.0. The van der Waals surface area contributed by atoms with Crippen molar-refractivity contribution in [3.05, 3.63) is 54.2 Å². The molecule has 0 saturated heterocycles. The van der Waals surface area contributed by atoms with E-state index in [9.17, 15) is 24.0 Å². The van der Waals surface area contributed by atoms with Crippen molar-refractivity contribution >= 4 is 40.6 Å². The topological polar surface area (TPSA) is 232 Å². The molecule has 2 aromatic heterocycles. The Morgan fingerprint density at radius 1 is 0.921 bits per heavy atom. The first-order valence-electron chi connectivity index (χ1n) is 11.7. The van der Waals surface area contributed by atoms with Gasteiger partial charge in [0.25, 0.3) is 0 Å². The SMILES string of the molecule is NC(Cc1cnc[nH]1)C(=O)NC(CCC(=O)O)C(=O)NC(Cc1c[nH]c2ccccc12)C(=O)NCC(=O)O. The number of nitrogens with zero attached hydrogens (tertiary/aromatic N) is 1. The number of amides is 3. The Labute approximate surface area is 216 Å². The number of aliphatic carboxylic acids is 2. The van der Waals surface area contributed by atoms with Gasteiger partial charge >= 0.3 is 11.9 Å². The summed E-state index contributed by atoms with van der Waals surface area (Å²) in [5.41, 5.74) is 8.02. The van der Waals surface area contributed by atoms with Crippen LogP contribution in [0.25, 0.3) is 10.9 Å². The second-order valence-corrected chi connectivity index (χ2v) is 8.62. The van der Waals surface area contributed by atoms with Gasteiger partial charge < -0.3 is 41.9 Å². The minimum atomic E-state index is -1.32. The average molecular weight is 528 g/mol. The summed E-state index contributed by atoms with van der Waals surface area (Å²) in [4.78, 5) is 70.6. The fourth-order valence-electron chi connectivity index (χ4n) is 3.83. The molecule has 9 N–H and O–H groups in total. The first-order chi connectivity index (χ1) is 18.1. The van der Waals surface area contributed by atoms with Crippen LogP contribution in [-0.2, 0) is 36.8 Å². The fourth-order valence-corrected chi connectivity index (χ4v) is 3.83. The van der Waals surface area contributed by atoms with Crippen LogP contribution in [0.1, 0.15) is 24.1 Å². The molecule has 0 fully saturated rings. The van der Waals surface area contributed by atoms with Crippen molar-refractivity contribution in [3.8, 4) is 0 Å². The molecule has 0 radical (unpaired) electrons. The average Bonchev–Trinajstić information content (AvgIpc) is 3.54. The molecule has 3 aromatic rings. The molecule has 0 saturated carbocycles. The summed E-state index contributed by atoms with van der Waals surface area (Å²) in [5.74, 6) is -4.73. The van der Waals surface area contributed by atoms with Crippen molar-refractivity contribution in [2.75, 3.05) is 6.54 Å². The van der Waals surface area contributed by atoms with E-state index < -0.39 is 60.8 Å². The van der Waals surface area contributed by atoms with Crippen LogP contribution >= 0.6 is 0 Å². The molecule has 0 spiro atoms. The number of benzene rings is 1. The highest BCUT2D eigenvalue weighted by molar-refractivity contribution is 5.94. The zero-order chi connectivity index (χ0) is 27.7. The minimum Gasteiger partial charge on any atom is -0.481 e. The van der Waals surface area contributed by atoms with Crippen LogP contribution in [-0.4, -0.2) is 79.5 Å². The molecule has 14 heteroatoms. The van der Waals surface area contributed by atoms with Crippen LogP contribution in [0.4, 0.5) is 0 Å². The van der Waals surface area contributed by atoms with Crippen molar-refractivity contribution < 1.29 is 34.2 Å². The second kappa shape index (κ2) is 13.0. The van der Waals surface area contributed by atoms with E-state index in [1.54, 1.807) is 6.20 Å². The molecule has 3 rings (SSSR count). The number of rotatable bonds is 14. The maximum absolute atomic E-state index is 13.2. The zero-order valence-corrected chi connectivity index (χ0v) is 20.3. The second-order valence-electron chi connectivity index (χ2n) is 8.62. The molecular formula is C24H29N7O7. The van der Waals surface area contributed by atoms with Gasteiger partial charge in [-0.15, -0.1) is 0 Å². The summed E-state index contributed by atoms with van der Waals surface area (Å²) >= 11 is 0. The number of nitrogens with one attached hydrogen (secondary N) is 5. The number of carboxylic acid groups (broad SMARTS) is 2. The Morgan fingerprint density at radius 3 is 2.34 bits per heavy atom. The number of para-hydroxylation sites is 1. The quantitative estimate of drug-likeness (QED) is 0.129. The maximum atomic E-state index is 13.2. The van der Waals surface area contributed by atoms with Crippen molar-refractivity contribution in [1.82, 2.24) is 30.9 Å². The van der Waals surface area contributed by atoms with Crippen LogP contribution < -0.4 is 21.7 Å². The Hall–Kier alpha value is -4.72. The molecule has 202 valence electrons. The van der Waals surface area contributed by atoms with Gasteiger partial charge in [0.15, 0.2) is 0 Å². The van der Waals surface area contributed by atoms with E-state index in [0.717, 1.165) is 10.9 Å². The van der Waals surface area contributed by atoms with E-state index in [2.05, 4.69) is 30.9 Å². The van der Waals surface area contributed by atoms with Gasteiger partial charge in [0.1, 0.15) is 18.6 Å². The highest BCUT2D eigenvalue weighted by atomic mass is 16.4. The van der Waals surface area contributed by atoms with Crippen molar-refractivity contribution in [2.45, 2.75) is 43.8 Å². The van der Waals surface area contributed by atoms with Crippen LogP contribution in [0.5, 0.6) is 0 Å². The van der Waals surface area contributed by atoms with Gasteiger partial charge in [-0.25, -0.2) is 4.98 Å². The highest BCUT2D eigenvalue weighted by Crippen LogP contribution is 2.19. The Morgan fingerprint density at radius 2 is 1.66 bits per heavy atom. The molecule has 0 aliphatic heterocycles. The Bertz CT molecular complexity index is 1290. The highest BCUT2D eigenvalue weighted by Gasteiger charge is 2.29. The molecule has 2 heterocycles. The molecule has 0 aliphatic carbocycles. The lowest BCUT2D eigenvalue weighted by Crippen LogP contribution is -2.56. The lowest BCUT2D eigenvalue weighted by Gasteiger charge is -2.24. The van der Waals surface area contributed by atoms with E-state index >= 15 is 0 Å². The van der Waals surface area contributed by atoms with Gasteiger partial charge in [0.05, 0.1) is 12.4 Å². The van der Waals surface area contributed by atoms with Crippen LogP contribution in [0.15, 0.2) is 43.0 Å². The molecular weight excluding hydrogens is 498 g/mol. The smallest absolute Gasteiger partial charge is 0.322 e. The van der Waals surface area contributed by atoms with Gasteiger partial charge in [-0.05, 0) is 18.1 Å². The summed E-state index contributed by atoms with van der Waals surface area (Å²) in [7, 11) is 0. The van der Waals surface area contributed by atoms with E-state index in [1.807, 2.05) is 24.3 Å². The number of hydrogen-bond acceptors (Lipinski definition) is 7. The number of H-pyrrole nitrogens is 2. The first-order valence-corrected chi connectivity index (χ1v) is 11.7. The number of nitrogens with two attached hydrogens (primary N) is 1. The summed E-state index contributed by atoms with van der Waals surface area (Å²) in [5, 5.41) is 26.1. The molecule has 38 heavy (non-hydrogen) atoms. The zero-order valence-electron chi connectivity index (χ0n) is 20.3. The molecule has 0 aliphatic rings. The van der Waals surface area contributed by atoms with E-state index in [4.69, 9.17) is 15.9 Å². The van der Waals surface area contributed by atoms with Crippen molar-refractivity contribution in [3.63, 3.8) is 0 Å². The van der Waals surface area contributed by atoms with Gasteiger partial charge in [0, 0.05) is 48.3 Å². The van der Waals surface area contributed by atoms with Crippen LogP contribution in [0.2, 0.25) is 0 Å². The number of fused-ring (bicyclic) bond motifs is 1. The van der Waals surface area contributed by atoms with Crippen LogP contribution in [0, 0.1) is 0 Å². The predicted octanol–water partition coefficient (Wildman–Crippen LogP) is -0.961. The largest absolute Gasteiger partial charge is 0.481 e. The molecule has 14 nitrogen and oxygen atoms in total. The Kier molecular flexibility index (Phi) is 9.54. The molecule has 3 atom stereocenters. The number of aromatic nitrogens is 3. The fraction of sp³-hybridized carbons (Fsp3) is 0.333. The minimum absolute atomic E-state index is 0.000140. The molecule has 0 bridgehead atoms. The third-order valence-electron chi connectivity index (χ3n) is 5.76. The number of aromatic amines is 2. The van der Waals surface area contributed by atoms with Gasteiger partial charge in [-0.1, -0.05) is 18.2 Å². The van der Waals surface area contributed by atoms with Crippen molar-refractivity contribution in [1.29, 1.82) is 0 Å². The number of carboxylic acids is 2. The monoisotopic (exact) mass is 527 g/mol. The number of hydrogen-bond donors (Lipinski definition) is 8. The van der Waals surface area contributed by atoms with E-state index in [1.165, 1.54) is 12.5 Å². The standard InChI is InChI=1S/C24H29N7O7/c25-16(8-14-10-26-12-29-14)22(36)30-18(5-6-20(32)33)24(38)31-19(23(37)28-11-21(34)35)7-13-9-27-17-4-2-1-3-15(13)17/h1-4,9-10,12,16,18-19,27H,5-8,11,25H2,(H,26,29)(H,28,37)(H,30,36)(H,31,38)(H,32,33)(H,34,35). The van der Waals surface area contributed by atoms with Gasteiger partial charge in [0.2, 0.25) is 17.7 Å². The third kappa shape index (κ3) is 7.89. The van der Waals surface area contributed by atoms with Crippen molar-refractivity contribution in [2.24, 2.45) is 5.73 Å². The molecule has 3 unspecified atom stereocenters. The summed E-state index contributed by atoms with van der Waals surface area (Å²) in [6, 6.07) is 3.70. The lowest BCUT2D eigenvalue weighted by molar-refractivity contribution is -0.138. The van der Waals surface area contributed by atoms with Gasteiger partial charge in [-0.2, -0.15) is 0 Å². The summed E-state index contributed by atoms with van der Waals surface area (Å²) in [6.45, 7) is -0.666. The van der Waals surface area contributed by atoms with E-state index in [0.29, 0.717) is 11.3 Å². The third-order valence-corrected chi connectivity index (χ3v) is 5.76. The maximum Gasteiger partial charge on any atom is 0.322 e. The normalized spacial score (nSPS) is 13.3. The van der Waals surface area contributed by atoms with E-state index in [-0.39, 0.29) is 19.3 Å². The number of carbonyl (C=O) groups is 5. The number of imidazole rings is 1. The van der Waals surface area contributed by atoms with Gasteiger partial charge in [-0.3, -0.25) is 24.0 Å². The summed E-state index contributed by atoms with van der Waals surface area (Å²) in [6.07, 6.45) is 3.98. The molecule has 1 aromatic carbocycles. The van der Waals surface area contributed by atoms with Crippen LogP contribution in [0.3, 0.4) is 0 Å². The Balaban J connectivity index is 1.77. The number of carbonyl (C=O) groups excluding carboxylic acids is 3. The predicted molar refractivity (Wildman–Crippen MR) is 134 cm³/mol. The molecule has 3 amide bonds. The summed E-state index contributed by atoms with van der Waals surface area (Å²) < 4.78 is 0. The first kappa shape index (κ1) is 27.9.